The Morgan fingerprint density at radius 2 is 1.75 bits per heavy atom. The van der Waals surface area contributed by atoms with Gasteiger partial charge in [0.25, 0.3) is 0 Å². The average molecular weight is 437 g/mol. The van der Waals surface area contributed by atoms with Crippen LogP contribution in [0.4, 0.5) is 4.39 Å². The zero-order valence-corrected chi connectivity index (χ0v) is 16.6. The van der Waals surface area contributed by atoms with Crippen molar-refractivity contribution in [2.45, 2.75) is 13.8 Å². The lowest BCUT2D eigenvalue weighted by Crippen LogP contribution is -2.01. The van der Waals surface area contributed by atoms with Gasteiger partial charge in [-0.15, -0.1) is 5.10 Å². The molecule has 4 aromatic heterocycles. The fourth-order valence-corrected chi connectivity index (χ4v) is 3.60. The second-order valence-corrected chi connectivity index (χ2v) is 7.45. The third kappa shape index (κ3) is 2.52. The molecular formula is C20H14BrFN6. The third-order valence-corrected chi connectivity index (χ3v) is 5.35. The molecule has 0 amide bonds. The van der Waals surface area contributed by atoms with Crippen LogP contribution in [-0.4, -0.2) is 29.1 Å². The summed E-state index contributed by atoms with van der Waals surface area (Å²) < 4.78 is 17.8. The minimum absolute atomic E-state index is 0.290. The quantitative estimate of drug-likeness (QED) is 0.404. The van der Waals surface area contributed by atoms with Crippen LogP contribution in [-0.2, 0) is 0 Å². The first-order chi connectivity index (χ1) is 13.5. The van der Waals surface area contributed by atoms with E-state index in [1.807, 2.05) is 30.5 Å². The molecule has 0 aliphatic carbocycles. The van der Waals surface area contributed by atoms with Gasteiger partial charge in [0.15, 0.2) is 17.1 Å². The molecule has 0 bridgehead atoms. The molecule has 0 atom stereocenters. The van der Waals surface area contributed by atoms with Gasteiger partial charge in [-0.1, -0.05) is 0 Å². The monoisotopic (exact) mass is 436 g/mol. The number of aryl methyl sites for hydroxylation is 1. The van der Waals surface area contributed by atoms with E-state index in [2.05, 4.69) is 31.0 Å². The fraction of sp³-hybridized carbons (Fsp3) is 0.100. The second-order valence-electron chi connectivity index (χ2n) is 6.53. The maximum atomic E-state index is 13.2. The highest BCUT2D eigenvalue weighted by Gasteiger charge is 2.19. The standard InChI is InChI=1S/C20H14BrFN6/c1-11-12(2)28(16-8-5-14(21)9-23-16)19-17(11)20-25-18(26-27(20)10-24-19)13-3-6-15(22)7-4-13/h3-10H,1-2H3. The smallest absolute Gasteiger partial charge is 0.182 e. The highest BCUT2D eigenvalue weighted by atomic mass is 79.9. The van der Waals surface area contributed by atoms with Gasteiger partial charge in [-0.25, -0.2) is 23.9 Å². The third-order valence-electron chi connectivity index (χ3n) is 4.88. The van der Waals surface area contributed by atoms with Gasteiger partial charge in [0.2, 0.25) is 0 Å². The molecule has 5 rings (SSSR count). The summed E-state index contributed by atoms with van der Waals surface area (Å²) in [5, 5.41) is 5.44. The Morgan fingerprint density at radius 1 is 0.964 bits per heavy atom. The zero-order valence-electron chi connectivity index (χ0n) is 15.1. The number of benzene rings is 1. The van der Waals surface area contributed by atoms with Gasteiger partial charge in [0.1, 0.15) is 18.0 Å². The van der Waals surface area contributed by atoms with Crippen molar-refractivity contribution in [2.24, 2.45) is 0 Å². The fourth-order valence-electron chi connectivity index (χ4n) is 3.36. The number of hydrogen-bond acceptors (Lipinski definition) is 4. The summed E-state index contributed by atoms with van der Waals surface area (Å²) in [5.74, 6) is 1.02. The predicted molar refractivity (Wildman–Crippen MR) is 108 cm³/mol. The first kappa shape index (κ1) is 17.0. The summed E-state index contributed by atoms with van der Waals surface area (Å²) >= 11 is 3.42. The van der Waals surface area contributed by atoms with Gasteiger partial charge in [-0.3, -0.25) is 4.57 Å². The molecule has 0 aliphatic rings. The van der Waals surface area contributed by atoms with Crippen LogP contribution in [0.1, 0.15) is 11.3 Å². The van der Waals surface area contributed by atoms with Crippen LogP contribution in [0.2, 0.25) is 0 Å². The predicted octanol–water partition coefficient (Wildman–Crippen LogP) is 4.65. The molecule has 0 radical (unpaired) electrons. The molecule has 4 heterocycles. The number of rotatable bonds is 2. The molecule has 0 aliphatic heterocycles. The van der Waals surface area contributed by atoms with Crippen molar-refractivity contribution in [3.05, 3.63) is 70.5 Å². The number of aromatic nitrogens is 6. The number of nitrogens with zero attached hydrogens (tertiary/aromatic N) is 6. The molecule has 0 unspecified atom stereocenters. The van der Waals surface area contributed by atoms with Crippen molar-refractivity contribution < 1.29 is 4.39 Å². The summed E-state index contributed by atoms with van der Waals surface area (Å²) in [6.45, 7) is 4.08. The molecule has 5 aromatic rings. The maximum absolute atomic E-state index is 13.2. The van der Waals surface area contributed by atoms with E-state index in [-0.39, 0.29) is 5.82 Å². The molecule has 0 saturated carbocycles. The molecule has 1 aromatic carbocycles. The Morgan fingerprint density at radius 3 is 2.46 bits per heavy atom. The van der Waals surface area contributed by atoms with Gasteiger partial charge < -0.3 is 0 Å². The highest BCUT2D eigenvalue weighted by Crippen LogP contribution is 2.30. The van der Waals surface area contributed by atoms with E-state index in [4.69, 9.17) is 4.98 Å². The largest absolute Gasteiger partial charge is 0.282 e. The molecule has 8 heteroatoms. The minimum Gasteiger partial charge on any atom is -0.282 e. The van der Waals surface area contributed by atoms with Crippen molar-refractivity contribution in [3.8, 4) is 17.2 Å². The van der Waals surface area contributed by atoms with Gasteiger partial charge in [-0.2, -0.15) is 0 Å². The van der Waals surface area contributed by atoms with Crippen LogP contribution < -0.4 is 0 Å². The molecular weight excluding hydrogens is 423 g/mol. The summed E-state index contributed by atoms with van der Waals surface area (Å²) in [7, 11) is 0. The Labute approximate surface area is 167 Å². The van der Waals surface area contributed by atoms with Gasteiger partial charge >= 0.3 is 0 Å². The van der Waals surface area contributed by atoms with Crippen molar-refractivity contribution >= 4 is 32.6 Å². The first-order valence-electron chi connectivity index (χ1n) is 8.64. The van der Waals surface area contributed by atoms with E-state index in [0.29, 0.717) is 11.5 Å². The van der Waals surface area contributed by atoms with Crippen LogP contribution in [0.5, 0.6) is 0 Å². The Balaban J connectivity index is 1.77. The normalized spacial score (nSPS) is 11.6. The van der Waals surface area contributed by atoms with E-state index in [9.17, 15) is 4.39 Å². The van der Waals surface area contributed by atoms with Crippen LogP contribution in [0.3, 0.4) is 0 Å². The molecule has 0 spiro atoms. The Bertz CT molecular complexity index is 1340. The SMILES string of the molecule is Cc1c(C)n(-c2ccc(Br)cn2)c2ncn3nc(-c4ccc(F)cc4)nc3c12. The van der Waals surface area contributed by atoms with Crippen LogP contribution in [0, 0.1) is 19.7 Å². The lowest BCUT2D eigenvalue weighted by molar-refractivity contribution is 0.628. The van der Waals surface area contributed by atoms with Gasteiger partial charge in [0, 0.05) is 21.9 Å². The van der Waals surface area contributed by atoms with E-state index in [1.165, 1.54) is 12.1 Å². The number of hydrogen-bond donors (Lipinski definition) is 0. The van der Waals surface area contributed by atoms with E-state index in [1.54, 1.807) is 29.2 Å². The molecule has 0 N–H and O–H groups in total. The van der Waals surface area contributed by atoms with Crippen molar-refractivity contribution in [2.75, 3.05) is 0 Å². The van der Waals surface area contributed by atoms with Gasteiger partial charge in [-0.05, 0) is 71.7 Å². The Hall–Kier alpha value is -3.13. The van der Waals surface area contributed by atoms with E-state index >= 15 is 0 Å². The molecule has 0 fully saturated rings. The van der Waals surface area contributed by atoms with Crippen LogP contribution in [0.25, 0.3) is 33.9 Å². The molecule has 28 heavy (non-hydrogen) atoms. The summed E-state index contributed by atoms with van der Waals surface area (Å²) in [6, 6.07) is 10.0. The van der Waals surface area contributed by atoms with Crippen molar-refractivity contribution in [3.63, 3.8) is 0 Å². The molecule has 6 nitrogen and oxygen atoms in total. The van der Waals surface area contributed by atoms with E-state index < -0.39 is 0 Å². The summed E-state index contributed by atoms with van der Waals surface area (Å²) in [5.41, 5.74) is 4.34. The lowest BCUT2D eigenvalue weighted by atomic mass is 10.2. The summed E-state index contributed by atoms with van der Waals surface area (Å²) in [6.07, 6.45) is 3.41. The number of fused-ring (bicyclic) bond motifs is 3. The topological polar surface area (TPSA) is 60.9 Å². The Kier molecular flexibility index (Phi) is 3.77. The number of halogens is 2. The van der Waals surface area contributed by atoms with Crippen LogP contribution in [0.15, 0.2) is 53.4 Å². The maximum Gasteiger partial charge on any atom is 0.182 e. The summed E-state index contributed by atoms with van der Waals surface area (Å²) in [4.78, 5) is 13.8. The molecule has 0 saturated heterocycles. The zero-order chi connectivity index (χ0) is 19.4. The average Bonchev–Trinajstić information content (AvgIpc) is 3.23. The minimum atomic E-state index is -0.290. The van der Waals surface area contributed by atoms with Crippen LogP contribution >= 0.6 is 15.9 Å². The van der Waals surface area contributed by atoms with Gasteiger partial charge in [0.05, 0.1) is 5.39 Å². The second kappa shape index (κ2) is 6.20. The number of pyridine rings is 1. The molecule has 138 valence electrons. The first-order valence-corrected chi connectivity index (χ1v) is 9.43. The lowest BCUT2D eigenvalue weighted by Gasteiger charge is -2.06. The van der Waals surface area contributed by atoms with Crippen molar-refractivity contribution in [1.82, 2.24) is 29.1 Å². The van der Waals surface area contributed by atoms with E-state index in [0.717, 1.165) is 38.1 Å². The highest BCUT2D eigenvalue weighted by molar-refractivity contribution is 9.10. The van der Waals surface area contributed by atoms with Crippen molar-refractivity contribution in [1.29, 1.82) is 0 Å².